The number of aromatic nitrogens is 4. The lowest BCUT2D eigenvalue weighted by molar-refractivity contribution is 0.102. The third-order valence-electron chi connectivity index (χ3n) is 4.14. The summed E-state index contributed by atoms with van der Waals surface area (Å²) in [7, 11) is 1.58. The molecular formula is C20H17N5O3S2. The summed E-state index contributed by atoms with van der Waals surface area (Å²) in [6.45, 7) is 2.00. The van der Waals surface area contributed by atoms with Gasteiger partial charge in [0.2, 0.25) is 16.9 Å². The lowest BCUT2D eigenvalue weighted by Gasteiger charge is -2.02. The normalized spacial score (nSPS) is 10.7. The van der Waals surface area contributed by atoms with Crippen LogP contribution in [0.15, 0.2) is 57.3 Å². The van der Waals surface area contributed by atoms with Crippen LogP contribution in [0, 0.1) is 6.92 Å². The molecule has 4 aromatic rings. The molecule has 0 saturated carbocycles. The third kappa shape index (κ3) is 4.66. The van der Waals surface area contributed by atoms with E-state index in [2.05, 4.69) is 25.7 Å². The minimum atomic E-state index is -0.259. The molecule has 0 atom stereocenters. The largest absolute Gasteiger partial charge is 0.497 e. The maximum absolute atomic E-state index is 12.3. The van der Waals surface area contributed by atoms with E-state index in [0.717, 1.165) is 11.1 Å². The van der Waals surface area contributed by atoms with Gasteiger partial charge in [-0.05, 0) is 42.8 Å². The number of benzene rings is 2. The molecule has 2 aromatic carbocycles. The van der Waals surface area contributed by atoms with Gasteiger partial charge in [-0.25, -0.2) is 0 Å². The van der Waals surface area contributed by atoms with Crippen LogP contribution in [-0.4, -0.2) is 33.4 Å². The Labute approximate surface area is 180 Å². The summed E-state index contributed by atoms with van der Waals surface area (Å²) in [5, 5.41) is 19.5. The SMILES string of the molecule is COc1ccc(C(=O)Nc2nnc(SCc3nnc(-c4ccccc4C)o3)s2)cc1. The Morgan fingerprint density at radius 1 is 1.10 bits per heavy atom. The van der Waals surface area contributed by atoms with Crippen molar-refractivity contribution in [2.45, 2.75) is 17.0 Å². The number of nitrogens with zero attached hydrogens (tertiary/aromatic N) is 4. The summed E-state index contributed by atoms with van der Waals surface area (Å²) in [5.74, 6) is 1.88. The van der Waals surface area contributed by atoms with Crippen molar-refractivity contribution in [2.75, 3.05) is 12.4 Å². The number of methoxy groups -OCH3 is 1. The van der Waals surface area contributed by atoms with E-state index in [1.54, 1.807) is 31.4 Å². The van der Waals surface area contributed by atoms with Crippen LogP contribution >= 0.6 is 23.1 Å². The van der Waals surface area contributed by atoms with Gasteiger partial charge in [0.15, 0.2) is 4.34 Å². The molecule has 4 rings (SSSR count). The van der Waals surface area contributed by atoms with Crippen LogP contribution in [0.5, 0.6) is 5.75 Å². The maximum atomic E-state index is 12.3. The second-order valence-corrected chi connectivity index (χ2v) is 8.36. The zero-order valence-corrected chi connectivity index (χ0v) is 17.8. The minimum Gasteiger partial charge on any atom is -0.497 e. The molecule has 0 aliphatic heterocycles. The van der Waals surface area contributed by atoms with Crippen molar-refractivity contribution in [3.05, 3.63) is 65.5 Å². The topological polar surface area (TPSA) is 103 Å². The van der Waals surface area contributed by atoms with Gasteiger partial charge in [0.05, 0.1) is 12.9 Å². The van der Waals surface area contributed by atoms with Crippen molar-refractivity contribution < 1.29 is 13.9 Å². The Morgan fingerprint density at radius 2 is 1.90 bits per heavy atom. The Bertz CT molecular complexity index is 1160. The van der Waals surface area contributed by atoms with Gasteiger partial charge in [0, 0.05) is 11.1 Å². The van der Waals surface area contributed by atoms with Gasteiger partial charge in [-0.2, -0.15) is 0 Å². The quantitative estimate of drug-likeness (QED) is 0.333. The minimum absolute atomic E-state index is 0.259. The fourth-order valence-corrected chi connectivity index (χ4v) is 4.17. The van der Waals surface area contributed by atoms with Crippen LogP contribution in [0.2, 0.25) is 0 Å². The highest BCUT2D eigenvalue weighted by Gasteiger charge is 2.14. The van der Waals surface area contributed by atoms with Crippen molar-refractivity contribution >= 4 is 34.1 Å². The first-order chi connectivity index (χ1) is 14.6. The number of nitrogens with one attached hydrogen (secondary N) is 1. The van der Waals surface area contributed by atoms with Gasteiger partial charge in [-0.3, -0.25) is 10.1 Å². The summed E-state index contributed by atoms with van der Waals surface area (Å²) in [5.41, 5.74) is 2.50. The first kappa shape index (κ1) is 20.0. The number of hydrogen-bond acceptors (Lipinski definition) is 9. The number of carbonyl (C=O) groups excluding carboxylic acids is 1. The van der Waals surface area contributed by atoms with E-state index in [4.69, 9.17) is 9.15 Å². The molecule has 0 aliphatic rings. The van der Waals surface area contributed by atoms with Crippen LogP contribution in [-0.2, 0) is 5.75 Å². The van der Waals surface area contributed by atoms with Gasteiger partial charge < -0.3 is 9.15 Å². The fraction of sp³-hybridized carbons (Fsp3) is 0.150. The monoisotopic (exact) mass is 439 g/mol. The van der Waals surface area contributed by atoms with Gasteiger partial charge in [0.25, 0.3) is 5.91 Å². The summed E-state index contributed by atoms with van der Waals surface area (Å²) in [6.07, 6.45) is 0. The van der Waals surface area contributed by atoms with E-state index in [9.17, 15) is 4.79 Å². The van der Waals surface area contributed by atoms with E-state index in [0.29, 0.717) is 38.3 Å². The van der Waals surface area contributed by atoms with Crippen molar-refractivity contribution in [1.82, 2.24) is 20.4 Å². The number of aryl methyl sites for hydroxylation is 1. The highest BCUT2D eigenvalue weighted by Crippen LogP contribution is 2.29. The van der Waals surface area contributed by atoms with Crippen LogP contribution in [0.3, 0.4) is 0 Å². The zero-order valence-electron chi connectivity index (χ0n) is 16.2. The molecule has 0 unspecified atom stereocenters. The highest BCUT2D eigenvalue weighted by molar-refractivity contribution is 8.00. The molecule has 0 radical (unpaired) electrons. The summed E-state index contributed by atoms with van der Waals surface area (Å²) < 4.78 is 11.5. The fourth-order valence-electron chi connectivity index (χ4n) is 2.59. The van der Waals surface area contributed by atoms with Gasteiger partial charge in [0.1, 0.15) is 5.75 Å². The molecule has 2 aromatic heterocycles. The smallest absolute Gasteiger partial charge is 0.257 e. The first-order valence-corrected chi connectivity index (χ1v) is 10.7. The van der Waals surface area contributed by atoms with Gasteiger partial charge >= 0.3 is 0 Å². The highest BCUT2D eigenvalue weighted by atomic mass is 32.2. The first-order valence-electron chi connectivity index (χ1n) is 8.92. The zero-order chi connectivity index (χ0) is 20.9. The number of amides is 1. The Balaban J connectivity index is 1.35. The van der Waals surface area contributed by atoms with E-state index in [1.165, 1.54) is 23.1 Å². The molecule has 0 spiro atoms. The molecule has 0 fully saturated rings. The predicted molar refractivity (Wildman–Crippen MR) is 115 cm³/mol. The lowest BCUT2D eigenvalue weighted by atomic mass is 10.1. The molecule has 0 saturated heterocycles. The second kappa shape index (κ2) is 9.06. The number of carbonyl (C=O) groups is 1. The second-order valence-electron chi connectivity index (χ2n) is 6.16. The number of thioether (sulfide) groups is 1. The van der Waals surface area contributed by atoms with Crippen LogP contribution in [0.1, 0.15) is 21.8 Å². The predicted octanol–water partition coefficient (Wildman–Crippen LogP) is 4.45. The molecule has 8 nitrogen and oxygen atoms in total. The van der Waals surface area contributed by atoms with Crippen LogP contribution in [0.4, 0.5) is 5.13 Å². The Hall–Kier alpha value is -3.24. The molecule has 10 heteroatoms. The number of rotatable bonds is 7. The molecule has 1 amide bonds. The average Bonchev–Trinajstić information content (AvgIpc) is 3.42. The third-order valence-corrected chi connectivity index (χ3v) is 6.10. The van der Waals surface area contributed by atoms with Gasteiger partial charge in [-0.15, -0.1) is 20.4 Å². The average molecular weight is 440 g/mol. The number of hydrogen-bond donors (Lipinski definition) is 1. The maximum Gasteiger partial charge on any atom is 0.257 e. The van der Waals surface area contributed by atoms with Crippen molar-refractivity contribution in [2.24, 2.45) is 0 Å². The molecule has 0 aliphatic carbocycles. The number of ether oxygens (including phenoxy) is 1. The molecular weight excluding hydrogens is 422 g/mol. The molecule has 1 N–H and O–H groups in total. The Kier molecular flexibility index (Phi) is 6.05. The summed E-state index contributed by atoms with van der Waals surface area (Å²) >= 11 is 2.70. The van der Waals surface area contributed by atoms with E-state index >= 15 is 0 Å². The molecule has 152 valence electrons. The van der Waals surface area contributed by atoms with Crippen molar-refractivity contribution in [1.29, 1.82) is 0 Å². The molecule has 30 heavy (non-hydrogen) atoms. The van der Waals surface area contributed by atoms with Crippen molar-refractivity contribution in [3.63, 3.8) is 0 Å². The van der Waals surface area contributed by atoms with E-state index < -0.39 is 0 Å². The number of anilines is 1. The standard InChI is InChI=1S/C20H17N5O3S2/c1-12-5-3-4-6-15(12)18-23-22-16(28-18)11-29-20-25-24-19(30-20)21-17(26)13-7-9-14(27-2)10-8-13/h3-10H,11H2,1-2H3,(H,21,24,26). The summed E-state index contributed by atoms with van der Waals surface area (Å²) in [6, 6.07) is 14.7. The van der Waals surface area contributed by atoms with Gasteiger partial charge in [-0.1, -0.05) is 41.3 Å². The van der Waals surface area contributed by atoms with E-state index in [-0.39, 0.29) is 5.91 Å². The lowest BCUT2D eigenvalue weighted by Crippen LogP contribution is -2.11. The van der Waals surface area contributed by atoms with Crippen LogP contribution < -0.4 is 10.1 Å². The molecule has 2 heterocycles. The Morgan fingerprint density at radius 3 is 2.67 bits per heavy atom. The molecule has 0 bridgehead atoms. The van der Waals surface area contributed by atoms with Crippen molar-refractivity contribution in [3.8, 4) is 17.2 Å². The summed E-state index contributed by atoms with van der Waals surface area (Å²) in [4.78, 5) is 12.3. The van der Waals surface area contributed by atoms with E-state index in [1.807, 2.05) is 31.2 Å². The van der Waals surface area contributed by atoms with Crippen LogP contribution in [0.25, 0.3) is 11.5 Å².